The van der Waals surface area contributed by atoms with Gasteiger partial charge in [0.25, 0.3) is 0 Å². The summed E-state index contributed by atoms with van der Waals surface area (Å²) >= 11 is 0. The standard InChI is InChI=1S/C8H18N2O/c1-10-5-3-8(4-6-10)9-7-11-2/h8-9H,3-7H2,1-2H3. The quantitative estimate of drug-likeness (QED) is 0.597. The third kappa shape index (κ3) is 3.18. The molecule has 0 atom stereocenters. The monoisotopic (exact) mass is 158 g/mol. The smallest absolute Gasteiger partial charge is 0.0963 e. The van der Waals surface area contributed by atoms with Crippen molar-refractivity contribution in [2.24, 2.45) is 0 Å². The Balaban J connectivity index is 2.07. The van der Waals surface area contributed by atoms with Crippen molar-refractivity contribution in [1.82, 2.24) is 10.2 Å². The lowest BCUT2D eigenvalue weighted by Gasteiger charge is -2.29. The number of nitrogens with one attached hydrogen (secondary N) is 1. The van der Waals surface area contributed by atoms with Crippen LogP contribution in [0, 0.1) is 0 Å². The molecule has 0 amide bonds. The molecule has 1 aliphatic rings. The lowest BCUT2D eigenvalue weighted by atomic mass is 10.1. The first-order chi connectivity index (χ1) is 5.33. The number of rotatable bonds is 3. The first-order valence-electron chi connectivity index (χ1n) is 4.24. The van der Waals surface area contributed by atoms with Gasteiger partial charge in [0.15, 0.2) is 0 Å². The van der Waals surface area contributed by atoms with Crippen LogP contribution in [0.2, 0.25) is 0 Å². The number of nitrogens with zero attached hydrogens (tertiary/aromatic N) is 1. The van der Waals surface area contributed by atoms with E-state index in [2.05, 4.69) is 17.3 Å². The summed E-state index contributed by atoms with van der Waals surface area (Å²) in [5.74, 6) is 0. The Labute approximate surface area is 68.7 Å². The number of hydrogen-bond donors (Lipinski definition) is 1. The summed E-state index contributed by atoms with van der Waals surface area (Å²) < 4.78 is 4.95. The lowest BCUT2D eigenvalue weighted by Crippen LogP contribution is -2.41. The van der Waals surface area contributed by atoms with Gasteiger partial charge in [0.1, 0.15) is 0 Å². The molecule has 1 rings (SSSR count). The van der Waals surface area contributed by atoms with Gasteiger partial charge in [-0.05, 0) is 33.0 Å². The van der Waals surface area contributed by atoms with E-state index in [1.165, 1.54) is 25.9 Å². The number of likely N-dealkylation sites (tertiary alicyclic amines) is 1. The number of piperidine rings is 1. The van der Waals surface area contributed by atoms with E-state index in [9.17, 15) is 0 Å². The Morgan fingerprint density at radius 1 is 1.45 bits per heavy atom. The molecule has 0 bridgehead atoms. The van der Waals surface area contributed by atoms with Crippen molar-refractivity contribution >= 4 is 0 Å². The van der Waals surface area contributed by atoms with E-state index in [1.807, 2.05) is 0 Å². The van der Waals surface area contributed by atoms with Crippen LogP contribution in [0.1, 0.15) is 12.8 Å². The summed E-state index contributed by atoms with van der Waals surface area (Å²) in [6.45, 7) is 3.11. The minimum absolute atomic E-state index is 0.672. The molecular formula is C8H18N2O. The van der Waals surface area contributed by atoms with Crippen molar-refractivity contribution in [3.05, 3.63) is 0 Å². The molecule has 0 saturated carbocycles. The first kappa shape index (κ1) is 8.97. The predicted molar refractivity (Wildman–Crippen MR) is 45.5 cm³/mol. The van der Waals surface area contributed by atoms with Crippen molar-refractivity contribution < 1.29 is 4.74 Å². The molecule has 0 radical (unpaired) electrons. The van der Waals surface area contributed by atoms with Gasteiger partial charge in [0.05, 0.1) is 6.73 Å². The number of ether oxygens (including phenoxy) is 1. The second-order valence-electron chi connectivity index (χ2n) is 3.21. The first-order valence-corrected chi connectivity index (χ1v) is 4.24. The zero-order valence-corrected chi connectivity index (χ0v) is 7.47. The van der Waals surface area contributed by atoms with Gasteiger partial charge in [0, 0.05) is 13.2 Å². The molecular weight excluding hydrogens is 140 g/mol. The van der Waals surface area contributed by atoms with Crippen LogP contribution >= 0.6 is 0 Å². The van der Waals surface area contributed by atoms with E-state index in [0.29, 0.717) is 12.8 Å². The maximum Gasteiger partial charge on any atom is 0.0963 e. The molecule has 0 unspecified atom stereocenters. The molecule has 1 saturated heterocycles. The Kier molecular flexibility index (Phi) is 3.83. The molecule has 1 fully saturated rings. The van der Waals surface area contributed by atoms with Crippen molar-refractivity contribution in [1.29, 1.82) is 0 Å². The fourth-order valence-corrected chi connectivity index (χ4v) is 1.41. The molecule has 3 heteroatoms. The summed E-state index contributed by atoms with van der Waals surface area (Å²) in [4.78, 5) is 2.37. The van der Waals surface area contributed by atoms with E-state index in [1.54, 1.807) is 7.11 Å². The van der Waals surface area contributed by atoms with Crippen LogP contribution in [-0.2, 0) is 4.74 Å². The molecule has 0 spiro atoms. The van der Waals surface area contributed by atoms with Crippen LogP contribution < -0.4 is 5.32 Å². The molecule has 1 heterocycles. The highest BCUT2D eigenvalue weighted by atomic mass is 16.5. The molecule has 0 aliphatic carbocycles. The molecule has 1 aliphatic heterocycles. The Bertz CT molecular complexity index is 97.5. The third-order valence-electron chi connectivity index (χ3n) is 2.23. The van der Waals surface area contributed by atoms with Crippen LogP contribution in [0.3, 0.4) is 0 Å². The fourth-order valence-electron chi connectivity index (χ4n) is 1.41. The minimum Gasteiger partial charge on any atom is -0.370 e. The van der Waals surface area contributed by atoms with E-state index < -0.39 is 0 Å². The van der Waals surface area contributed by atoms with Crippen LogP contribution in [0.15, 0.2) is 0 Å². The molecule has 0 aromatic carbocycles. The van der Waals surface area contributed by atoms with E-state index in [4.69, 9.17) is 4.74 Å². The maximum absolute atomic E-state index is 4.95. The van der Waals surface area contributed by atoms with Gasteiger partial charge < -0.3 is 9.64 Å². The highest BCUT2D eigenvalue weighted by molar-refractivity contribution is 4.73. The largest absolute Gasteiger partial charge is 0.370 e. The van der Waals surface area contributed by atoms with E-state index in [0.717, 1.165) is 0 Å². The summed E-state index contributed by atoms with van der Waals surface area (Å²) in [6.07, 6.45) is 2.50. The summed E-state index contributed by atoms with van der Waals surface area (Å²) in [5, 5.41) is 3.34. The molecule has 66 valence electrons. The summed E-state index contributed by atoms with van der Waals surface area (Å²) in [6, 6.07) is 0.672. The van der Waals surface area contributed by atoms with Gasteiger partial charge in [-0.3, -0.25) is 5.32 Å². The van der Waals surface area contributed by atoms with Crippen molar-refractivity contribution in [3.63, 3.8) is 0 Å². The van der Waals surface area contributed by atoms with Crippen LogP contribution in [0.5, 0.6) is 0 Å². The Morgan fingerprint density at radius 2 is 2.09 bits per heavy atom. The van der Waals surface area contributed by atoms with Crippen LogP contribution in [0.4, 0.5) is 0 Å². The normalized spacial score (nSPS) is 22.4. The van der Waals surface area contributed by atoms with Gasteiger partial charge >= 0.3 is 0 Å². The van der Waals surface area contributed by atoms with E-state index in [-0.39, 0.29) is 0 Å². The minimum atomic E-state index is 0.672. The van der Waals surface area contributed by atoms with Gasteiger partial charge in [-0.25, -0.2) is 0 Å². The molecule has 0 aromatic rings. The SMILES string of the molecule is COCNC1CCN(C)CC1. The van der Waals surface area contributed by atoms with Crippen molar-refractivity contribution in [2.45, 2.75) is 18.9 Å². The van der Waals surface area contributed by atoms with Crippen molar-refractivity contribution in [3.8, 4) is 0 Å². The number of methoxy groups -OCH3 is 1. The molecule has 1 N–H and O–H groups in total. The highest BCUT2D eigenvalue weighted by Gasteiger charge is 2.14. The van der Waals surface area contributed by atoms with Crippen molar-refractivity contribution in [2.75, 3.05) is 34.0 Å². The third-order valence-corrected chi connectivity index (χ3v) is 2.23. The molecule has 11 heavy (non-hydrogen) atoms. The predicted octanol–water partition coefficient (Wildman–Crippen LogP) is 0.274. The maximum atomic E-state index is 4.95. The van der Waals surface area contributed by atoms with Crippen LogP contribution in [-0.4, -0.2) is 44.9 Å². The van der Waals surface area contributed by atoms with E-state index >= 15 is 0 Å². The second-order valence-corrected chi connectivity index (χ2v) is 3.21. The summed E-state index contributed by atoms with van der Waals surface area (Å²) in [5.41, 5.74) is 0. The van der Waals surface area contributed by atoms with Gasteiger partial charge in [-0.15, -0.1) is 0 Å². The molecule has 3 nitrogen and oxygen atoms in total. The van der Waals surface area contributed by atoms with Gasteiger partial charge in [0.2, 0.25) is 0 Å². The average Bonchev–Trinajstić information content (AvgIpc) is 2.04. The Morgan fingerprint density at radius 3 is 2.64 bits per heavy atom. The van der Waals surface area contributed by atoms with Gasteiger partial charge in [-0.1, -0.05) is 0 Å². The fraction of sp³-hybridized carbons (Fsp3) is 1.00. The van der Waals surface area contributed by atoms with Crippen LogP contribution in [0.25, 0.3) is 0 Å². The highest BCUT2D eigenvalue weighted by Crippen LogP contribution is 2.07. The number of hydrogen-bond acceptors (Lipinski definition) is 3. The zero-order valence-electron chi connectivity index (χ0n) is 7.47. The second kappa shape index (κ2) is 4.70. The lowest BCUT2D eigenvalue weighted by molar-refractivity contribution is 0.142. The molecule has 0 aromatic heterocycles. The average molecular weight is 158 g/mol. The topological polar surface area (TPSA) is 24.5 Å². The zero-order chi connectivity index (χ0) is 8.10. The summed E-state index contributed by atoms with van der Waals surface area (Å²) in [7, 11) is 3.90. The Hall–Kier alpha value is -0.120. The van der Waals surface area contributed by atoms with Gasteiger partial charge in [-0.2, -0.15) is 0 Å².